The second kappa shape index (κ2) is 11.5. The topological polar surface area (TPSA) is 38.8 Å². The van der Waals surface area contributed by atoms with Crippen LogP contribution in [0.5, 0.6) is 5.75 Å². The van der Waals surface area contributed by atoms with Gasteiger partial charge in [-0.15, -0.1) is 0 Å². The van der Waals surface area contributed by atoms with Crippen LogP contribution in [0.1, 0.15) is 56.2 Å². The van der Waals surface area contributed by atoms with Crippen LogP contribution in [0.25, 0.3) is 6.08 Å². The summed E-state index contributed by atoms with van der Waals surface area (Å²) >= 11 is 0. The summed E-state index contributed by atoms with van der Waals surface area (Å²) in [6, 6.07) is 16.6. The Hall–Kier alpha value is -2.59. The third-order valence-electron chi connectivity index (χ3n) is 7.13. The van der Waals surface area contributed by atoms with E-state index in [1.165, 1.54) is 23.8 Å². The highest BCUT2D eigenvalue weighted by Gasteiger charge is 2.44. The molecule has 1 heterocycles. The van der Waals surface area contributed by atoms with Crippen LogP contribution in [0, 0.1) is 12.8 Å². The van der Waals surface area contributed by atoms with Gasteiger partial charge in [-0.3, -0.25) is 4.79 Å². The second-order valence-corrected chi connectivity index (χ2v) is 9.50. The van der Waals surface area contributed by atoms with Crippen molar-refractivity contribution in [2.24, 2.45) is 5.92 Å². The molecular weight excluding hydrogens is 410 g/mol. The normalized spacial score (nSPS) is 16.4. The van der Waals surface area contributed by atoms with Gasteiger partial charge in [0.05, 0.1) is 19.6 Å². The Labute approximate surface area is 199 Å². The number of piperidine rings is 1. The zero-order valence-electron chi connectivity index (χ0n) is 20.9. The van der Waals surface area contributed by atoms with Crippen molar-refractivity contribution in [3.8, 4) is 5.75 Å². The highest BCUT2D eigenvalue weighted by molar-refractivity contribution is 5.83. The molecular formula is C29H39NO3. The molecule has 1 unspecified atom stereocenters. The Bertz CT molecular complexity index is 920. The first kappa shape index (κ1) is 25.0. The van der Waals surface area contributed by atoms with Crippen molar-refractivity contribution < 1.29 is 14.3 Å². The summed E-state index contributed by atoms with van der Waals surface area (Å²) in [6.07, 6.45) is 6.29. The SMILES string of the molecule is COC(=O)C(CCCN1CCC(=Cc2ccc(C)cc2)CC1)(c1ccc(OC)cc1)C(C)C. The fourth-order valence-corrected chi connectivity index (χ4v) is 4.98. The number of aryl methyl sites for hydroxylation is 1. The van der Waals surface area contributed by atoms with Gasteiger partial charge in [0.2, 0.25) is 0 Å². The van der Waals surface area contributed by atoms with Crippen molar-refractivity contribution in [1.82, 2.24) is 4.90 Å². The number of carbonyl (C=O) groups excluding carboxylic acids is 1. The molecule has 0 bridgehead atoms. The Morgan fingerprint density at radius 3 is 2.21 bits per heavy atom. The van der Waals surface area contributed by atoms with Gasteiger partial charge >= 0.3 is 5.97 Å². The van der Waals surface area contributed by atoms with E-state index in [-0.39, 0.29) is 11.9 Å². The lowest BCUT2D eigenvalue weighted by Crippen LogP contribution is -2.43. The number of nitrogens with zero attached hydrogens (tertiary/aromatic N) is 1. The summed E-state index contributed by atoms with van der Waals surface area (Å²) < 4.78 is 10.6. The second-order valence-electron chi connectivity index (χ2n) is 9.50. The Balaban J connectivity index is 1.62. The lowest BCUT2D eigenvalue weighted by atomic mass is 9.68. The number of hydrogen-bond acceptors (Lipinski definition) is 4. The fourth-order valence-electron chi connectivity index (χ4n) is 4.98. The molecule has 0 saturated carbocycles. The zero-order chi connectivity index (χ0) is 23.8. The molecule has 0 aromatic heterocycles. The summed E-state index contributed by atoms with van der Waals surface area (Å²) in [5, 5.41) is 0. The summed E-state index contributed by atoms with van der Waals surface area (Å²) in [4.78, 5) is 15.6. The van der Waals surface area contributed by atoms with E-state index in [1.807, 2.05) is 24.3 Å². The van der Waals surface area contributed by atoms with Crippen molar-refractivity contribution in [3.63, 3.8) is 0 Å². The Morgan fingerprint density at radius 2 is 1.67 bits per heavy atom. The molecule has 1 atom stereocenters. The summed E-state index contributed by atoms with van der Waals surface area (Å²) in [7, 11) is 3.15. The van der Waals surface area contributed by atoms with Crippen molar-refractivity contribution in [2.45, 2.75) is 51.9 Å². The van der Waals surface area contributed by atoms with Gasteiger partial charge in [-0.1, -0.05) is 67.5 Å². The maximum Gasteiger partial charge on any atom is 0.316 e. The number of rotatable bonds is 9. The monoisotopic (exact) mass is 449 g/mol. The molecule has 4 nitrogen and oxygen atoms in total. The van der Waals surface area contributed by atoms with Gasteiger partial charge < -0.3 is 14.4 Å². The number of ether oxygens (including phenoxy) is 2. The van der Waals surface area contributed by atoms with Crippen molar-refractivity contribution in [2.75, 3.05) is 33.9 Å². The molecule has 1 saturated heterocycles. The van der Waals surface area contributed by atoms with E-state index in [0.717, 1.165) is 56.6 Å². The van der Waals surface area contributed by atoms with Crippen LogP contribution >= 0.6 is 0 Å². The maximum atomic E-state index is 13.1. The van der Waals surface area contributed by atoms with Gasteiger partial charge in [0.25, 0.3) is 0 Å². The smallest absolute Gasteiger partial charge is 0.316 e. The van der Waals surface area contributed by atoms with Gasteiger partial charge in [-0.25, -0.2) is 0 Å². The first-order valence-corrected chi connectivity index (χ1v) is 12.1. The summed E-state index contributed by atoms with van der Waals surface area (Å²) in [5.74, 6) is 0.775. The number of likely N-dealkylation sites (tertiary alicyclic amines) is 1. The van der Waals surface area contributed by atoms with Crippen LogP contribution in [-0.2, 0) is 14.9 Å². The molecule has 178 valence electrons. The predicted octanol–water partition coefficient (Wildman–Crippen LogP) is 6.03. The summed E-state index contributed by atoms with van der Waals surface area (Å²) in [5.41, 5.74) is 4.48. The average Bonchev–Trinajstić information content (AvgIpc) is 2.84. The molecule has 0 aliphatic carbocycles. The number of hydrogen-bond donors (Lipinski definition) is 0. The molecule has 0 amide bonds. The zero-order valence-corrected chi connectivity index (χ0v) is 20.9. The van der Waals surface area contributed by atoms with E-state index in [1.54, 1.807) is 7.11 Å². The number of esters is 1. The van der Waals surface area contributed by atoms with Crippen molar-refractivity contribution in [1.29, 1.82) is 0 Å². The molecule has 4 heteroatoms. The highest BCUT2D eigenvalue weighted by Crippen LogP contribution is 2.39. The minimum absolute atomic E-state index is 0.128. The minimum atomic E-state index is -0.646. The van der Waals surface area contributed by atoms with E-state index in [2.05, 4.69) is 56.0 Å². The molecule has 1 fully saturated rings. The Morgan fingerprint density at radius 1 is 1.03 bits per heavy atom. The lowest BCUT2D eigenvalue weighted by Gasteiger charge is -2.36. The first-order valence-electron chi connectivity index (χ1n) is 12.1. The molecule has 0 spiro atoms. The third kappa shape index (κ3) is 6.05. The highest BCUT2D eigenvalue weighted by atomic mass is 16.5. The molecule has 2 aromatic rings. The fraction of sp³-hybridized carbons (Fsp3) is 0.483. The van der Waals surface area contributed by atoms with Crippen molar-refractivity contribution >= 4 is 12.0 Å². The van der Waals surface area contributed by atoms with Crippen molar-refractivity contribution in [3.05, 3.63) is 70.8 Å². The maximum absolute atomic E-state index is 13.1. The van der Waals surface area contributed by atoms with Crippen LogP contribution < -0.4 is 4.74 Å². The number of carbonyl (C=O) groups is 1. The number of methoxy groups -OCH3 is 2. The largest absolute Gasteiger partial charge is 0.497 e. The minimum Gasteiger partial charge on any atom is -0.497 e. The van der Waals surface area contributed by atoms with Crippen LogP contribution in [0.3, 0.4) is 0 Å². The molecule has 1 aliphatic rings. The molecule has 33 heavy (non-hydrogen) atoms. The van der Waals surface area contributed by atoms with Crippen LogP contribution in [-0.4, -0.2) is 44.7 Å². The molecule has 0 radical (unpaired) electrons. The van der Waals surface area contributed by atoms with Crippen LogP contribution in [0.15, 0.2) is 54.1 Å². The standard InChI is InChI=1S/C29H39NO3/c1-22(2)29(28(31)33-5,26-11-13-27(32-4)14-12-26)17-6-18-30-19-15-25(16-20-30)21-24-9-7-23(3)8-10-24/h7-14,21-22H,6,15-20H2,1-5H3. The van der Waals surface area contributed by atoms with Crippen LogP contribution in [0.4, 0.5) is 0 Å². The molecule has 2 aromatic carbocycles. The molecule has 1 aliphatic heterocycles. The first-order chi connectivity index (χ1) is 15.9. The van der Waals surface area contributed by atoms with Gasteiger partial charge in [-0.05, 0) is 68.3 Å². The van der Waals surface area contributed by atoms with E-state index in [0.29, 0.717) is 0 Å². The lowest BCUT2D eigenvalue weighted by molar-refractivity contribution is -0.150. The summed E-state index contributed by atoms with van der Waals surface area (Å²) in [6.45, 7) is 9.51. The van der Waals surface area contributed by atoms with Gasteiger partial charge in [0.1, 0.15) is 5.75 Å². The molecule has 3 rings (SSSR count). The van der Waals surface area contributed by atoms with Crippen LogP contribution in [0.2, 0.25) is 0 Å². The average molecular weight is 450 g/mol. The van der Waals surface area contributed by atoms with E-state index < -0.39 is 5.41 Å². The predicted molar refractivity (Wildman–Crippen MR) is 136 cm³/mol. The van der Waals surface area contributed by atoms with E-state index >= 15 is 0 Å². The quantitative estimate of drug-likeness (QED) is 0.438. The Kier molecular flexibility index (Phi) is 8.74. The number of benzene rings is 2. The van der Waals surface area contributed by atoms with E-state index in [9.17, 15) is 4.79 Å². The van der Waals surface area contributed by atoms with E-state index in [4.69, 9.17) is 9.47 Å². The third-order valence-corrected chi connectivity index (χ3v) is 7.13. The van der Waals surface area contributed by atoms with Gasteiger partial charge in [0, 0.05) is 13.1 Å². The van der Waals surface area contributed by atoms with Gasteiger partial charge in [-0.2, -0.15) is 0 Å². The van der Waals surface area contributed by atoms with Gasteiger partial charge in [0.15, 0.2) is 0 Å². The molecule has 0 N–H and O–H groups in total.